The number of nitrogens with zero attached hydrogens (tertiary/aromatic N) is 3. The third-order valence-corrected chi connectivity index (χ3v) is 6.75. The largest absolute Gasteiger partial charge is 0.444 e. The molecule has 3 aliphatic heterocycles. The molecule has 0 aliphatic carbocycles. The number of thioether (sulfide) groups is 1. The van der Waals surface area contributed by atoms with Crippen molar-refractivity contribution in [1.82, 2.24) is 15.1 Å². The van der Waals surface area contributed by atoms with Crippen LogP contribution in [-0.4, -0.2) is 69.7 Å². The Balaban J connectivity index is 1.54. The van der Waals surface area contributed by atoms with Crippen molar-refractivity contribution in [2.75, 3.05) is 25.4 Å². The van der Waals surface area contributed by atoms with Gasteiger partial charge in [-0.15, -0.1) is 11.8 Å². The first-order valence-electron chi connectivity index (χ1n) is 9.33. The SMILES string of the molecule is CC(C)(C)OC(=O)N1CCC2(CC1)N[C@H](C(=O)N1CCC[C@H]1C#N)CS2. The van der Waals surface area contributed by atoms with Crippen molar-refractivity contribution in [3.8, 4) is 6.07 Å². The average molecular weight is 381 g/mol. The highest BCUT2D eigenvalue weighted by molar-refractivity contribution is 8.01. The highest BCUT2D eigenvalue weighted by atomic mass is 32.2. The van der Waals surface area contributed by atoms with E-state index < -0.39 is 5.60 Å². The zero-order chi connectivity index (χ0) is 18.9. The minimum Gasteiger partial charge on any atom is -0.444 e. The highest BCUT2D eigenvalue weighted by Crippen LogP contribution is 2.40. The molecule has 0 unspecified atom stereocenters. The third-order valence-electron chi connectivity index (χ3n) is 5.17. The normalized spacial score (nSPS) is 28.2. The maximum Gasteiger partial charge on any atom is 0.410 e. The van der Waals surface area contributed by atoms with Gasteiger partial charge in [-0.1, -0.05) is 0 Å². The highest BCUT2D eigenvalue weighted by Gasteiger charge is 2.46. The number of likely N-dealkylation sites (tertiary alicyclic amines) is 2. The van der Waals surface area contributed by atoms with Crippen molar-refractivity contribution in [1.29, 1.82) is 5.26 Å². The number of hydrogen-bond acceptors (Lipinski definition) is 6. The van der Waals surface area contributed by atoms with Crippen LogP contribution in [0.15, 0.2) is 0 Å². The molecular formula is C18H28N4O3S. The number of piperidine rings is 1. The molecule has 3 rings (SSSR count). The van der Waals surface area contributed by atoms with Gasteiger partial charge in [0.05, 0.1) is 17.0 Å². The van der Waals surface area contributed by atoms with Crippen LogP contribution in [0.25, 0.3) is 0 Å². The van der Waals surface area contributed by atoms with Crippen molar-refractivity contribution in [3.63, 3.8) is 0 Å². The van der Waals surface area contributed by atoms with E-state index in [1.807, 2.05) is 20.8 Å². The molecule has 7 nitrogen and oxygen atoms in total. The second-order valence-corrected chi connectivity index (χ2v) is 9.69. The Labute approximate surface area is 159 Å². The average Bonchev–Trinajstić information content (AvgIpc) is 3.20. The summed E-state index contributed by atoms with van der Waals surface area (Å²) in [4.78, 5) is 28.3. The van der Waals surface area contributed by atoms with Gasteiger partial charge < -0.3 is 14.5 Å². The molecular weight excluding hydrogens is 352 g/mol. The quantitative estimate of drug-likeness (QED) is 0.748. The molecule has 2 amide bonds. The molecule has 26 heavy (non-hydrogen) atoms. The third kappa shape index (κ3) is 4.09. The van der Waals surface area contributed by atoms with Crippen LogP contribution in [0.1, 0.15) is 46.5 Å². The number of amides is 2. The summed E-state index contributed by atoms with van der Waals surface area (Å²) >= 11 is 1.78. The Morgan fingerprint density at radius 2 is 1.96 bits per heavy atom. The van der Waals surface area contributed by atoms with Gasteiger partial charge in [0, 0.05) is 25.4 Å². The predicted molar refractivity (Wildman–Crippen MR) is 99.5 cm³/mol. The summed E-state index contributed by atoms with van der Waals surface area (Å²) < 4.78 is 5.45. The van der Waals surface area contributed by atoms with Crippen LogP contribution >= 0.6 is 11.8 Å². The number of carbonyl (C=O) groups is 2. The number of ether oxygens (including phenoxy) is 1. The molecule has 0 radical (unpaired) electrons. The fourth-order valence-corrected chi connectivity index (χ4v) is 5.22. The summed E-state index contributed by atoms with van der Waals surface area (Å²) in [5, 5.41) is 12.7. The Hall–Kier alpha value is -1.46. The zero-order valence-corrected chi connectivity index (χ0v) is 16.6. The molecule has 1 N–H and O–H groups in total. The van der Waals surface area contributed by atoms with E-state index >= 15 is 0 Å². The van der Waals surface area contributed by atoms with Crippen molar-refractivity contribution in [2.24, 2.45) is 0 Å². The van der Waals surface area contributed by atoms with Crippen molar-refractivity contribution in [2.45, 2.75) is 69.0 Å². The van der Waals surface area contributed by atoms with E-state index in [0.29, 0.717) is 19.6 Å². The lowest BCUT2D eigenvalue weighted by atomic mass is 10.0. The molecule has 3 heterocycles. The summed E-state index contributed by atoms with van der Waals surface area (Å²) in [6, 6.07) is 1.73. The minimum absolute atomic E-state index is 0.0491. The first kappa shape index (κ1) is 19.3. The van der Waals surface area contributed by atoms with Gasteiger partial charge in [-0.2, -0.15) is 5.26 Å². The van der Waals surface area contributed by atoms with Crippen LogP contribution < -0.4 is 5.32 Å². The van der Waals surface area contributed by atoms with E-state index in [4.69, 9.17) is 4.74 Å². The van der Waals surface area contributed by atoms with Crippen LogP contribution in [0, 0.1) is 11.3 Å². The van der Waals surface area contributed by atoms with Gasteiger partial charge in [0.25, 0.3) is 0 Å². The summed E-state index contributed by atoms with van der Waals surface area (Å²) in [5.41, 5.74) is -0.489. The van der Waals surface area contributed by atoms with Crippen LogP contribution in [0.5, 0.6) is 0 Å². The standard InChI is InChI=1S/C18H28N4O3S/c1-17(2,3)25-16(24)21-9-6-18(7-10-21)20-14(12-26-18)15(23)22-8-4-5-13(22)11-19/h13-14,20H,4-10,12H2,1-3H3/t13-,14-/m0/s1. The zero-order valence-electron chi connectivity index (χ0n) is 15.8. The molecule has 0 aromatic heterocycles. The number of hydrogen-bond donors (Lipinski definition) is 1. The van der Waals surface area contributed by atoms with Crippen molar-refractivity contribution < 1.29 is 14.3 Å². The fraction of sp³-hybridized carbons (Fsp3) is 0.833. The predicted octanol–water partition coefficient (Wildman–Crippen LogP) is 1.93. The molecule has 1 spiro atoms. The van der Waals surface area contributed by atoms with Crippen molar-refractivity contribution in [3.05, 3.63) is 0 Å². The first-order chi connectivity index (χ1) is 12.2. The summed E-state index contributed by atoms with van der Waals surface area (Å²) in [7, 11) is 0. The molecule has 3 fully saturated rings. The molecule has 8 heteroatoms. The van der Waals surface area contributed by atoms with Gasteiger partial charge in [0.15, 0.2) is 0 Å². The van der Waals surface area contributed by atoms with Gasteiger partial charge in [0.2, 0.25) is 5.91 Å². The maximum atomic E-state index is 12.8. The number of nitrogens with one attached hydrogen (secondary N) is 1. The van der Waals surface area contributed by atoms with Crippen LogP contribution in [0.3, 0.4) is 0 Å². The molecule has 0 aromatic carbocycles. The van der Waals surface area contributed by atoms with E-state index in [-0.39, 0.29) is 29.0 Å². The lowest BCUT2D eigenvalue weighted by Crippen LogP contribution is -2.55. The number of nitriles is 1. The summed E-state index contributed by atoms with van der Waals surface area (Å²) in [6.45, 7) is 7.54. The second kappa shape index (κ2) is 7.28. The monoisotopic (exact) mass is 380 g/mol. The molecule has 3 aliphatic rings. The van der Waals surface area contributed by atoms with E-state index in [0.717, 1.165) is 31.4 Å². The number of carbonyl (C=O) groups excluding carboxylic acids is 2. The Morgan fingerprint density at radius 3 is 2.58 bits per heavy atom. The smallest absolute Gasteiger partial charge is 0.410 e. The molecule has 0 aromatic rings. The molecule has 144 valence electrons. The minimum atomic E-state index is -0.489. The second-order valence-electron chi connectivity index (χ2n) is 8.29. The number of rotatable bonds is 1. The van der Waals surface area contributed by atoms with E-state index in [9.17, 15) is 14.9 Å². The summed E-state index contributed by atoms with van der Waals surface area (Å²) in [5.74, 6) is 0.771. The van der Waals surface area contributed by atoms with Crippen LogP contribution in [-0.2, 0) is 9.53 Å². The Morgan fingerprint density at radius 1 is 1.27 bits per heavy atom. The van der Waals surface area contributed by atoms with Gasteiger partial charge >= 0.3 is 6.09 Å². The van der Waals surface area contributed by atoms with Gasteiger partial charge in [0.1, 0.15) is 11.6 Å². The molecule has 0 saturated carbocycles. The van der Waals surface area contributed by atoms with Crippen molar-refractivity contribution >= 4 is 23.8 Å². The molecule has 3 saturated heterocycles. The van der Waals surface area contributed by atoms with Gasteiger partial charge in [-0.05, 0) is 46.5 Å². The first-order valence-corrected chi connectivity index (χ1v) is 10.3. The van der Waals surface area contributed by atoms with E-state index in [1.54, 1.807) is 21.6 Å². The topological polar surface area (TPSA) is 85.7 Å². The lowest BCUT2D eigenvalue weighted by Gasteiger charge is -2.39. The Kier molecular flexibility index (Phi) is 5.40. The van der Waals surface area contributed by atoms with Crippen LogP contribution in [0.4, 0.5) is 4.79 Å². The van der Waals surface area contributed by atoms with Gasteiger partial charge in [-0.3, -0.25) is 10.1 Å². The Bertz CT molecular complexity index is 605. The maximum absolute atomic E-state index is 12.8. The summed E-state index contributed by atoms with van der Waals surface area (Å²) in [6.07, 6.45) is 3.00. The molecule has 0 bridgehead atoms. The van der Waals surface area contributed by atoms with E-state index in [2.05, 4.69) is 11.4 Å². The lowest BCUT2D eigenvalue weighted by molar-refractivity contribution is -0.133. The van der Waals surface area contributed by atoms with Crippen LogP contribution in [0.2, 0.25) is 0 Å². The molecule has 2 atom stereocenters. The fourth-order valence-electron chi connectivity index (χ4n) is 3.81. The van der Waals surface area contributed by atoms with E-state index in [1.165, 1.54) is 0 Å². The van der Waals surface area contributed by atoms with Gasteiger partial charge in [-0.25, -0.2) is 4.79 Å².